The number of carbonyl (C=O) groups excluding carboxylic acids is 3. The van der Waals surface area contributed by atoms with Gasteiger partial charge in [-0.1, -0.05) is 50.8 Å². The van der Waals surface area contributed by atoms with E-state index in [1.807, 2.05) is 0 Å². The van der Waals surface area contributed by atoms with Crippen LogP contribution in [0.25, 0.3) is 6.08 Å². The molecule has 1 fully saturated rings. The second kappa shape index (κ2) is 16.2. The molecular weight excluding hydrogens is 496 g/mol. The molecule has 0 saturated carbocycles. The van der Waals surface area contributed by atoms with Gasteiger partial charge in [-0.15, -0.1) is 0 Å². The fraction of sp³-hybridized carbons (Fsp3) is 0.406. The standard InChI is InChI=1S/C32H38O7/c1-3-36-30(33)21-14-25-12-17-28(18-13-25)38-32(35)26-15-19-27(20-16-26)37-22-10-8-6-4-5-7-9-11-29-23-24(2)31(34)39-29/h12-21,29H,2-11,22-23H2,1H3. The van der Waals surface area contributed by atoms with Gasteiger partial charge in [-0.3, -0.25) is 0 Å². The van der Waals surface area contributed by atoms with Crippen LogP contribution in [-0.4, -0.2) is 37.2 Å². The molecule has 3 rings (SSSR count). The molecule has 0 spiro atoms. The lowest BCUT2D eigenvalue weighted by atomic mass is 10.0. The summed E-state index contributed by atoms with van der Waals surface area (Å²) in [5.74, 6) is 0.0500. The molecule has 0 aliphatic carbocycles. The zero-order chi connectivity index (χ0) is 27.9. The van der Waals surface area contributed by atoms with Crippen molar-refractivity contribution in [2.24, 2.45) is 0 Å². The first-order valence-corrected chi connectivity index (χ1v) is 13.7. The van der Waals surface area contributed by atoms with Gasteiger partial charge in [0.25, 0.3) is 0 Å². The molecule has 1 saturated heterocycles. The third-order valence-electron chi connectivity index (χ3n) is 6.35. The first kappa shape index (κ1) is 29.7. The normalized spacial score (nSPS) is 14.8. The fourth-order valence-corrected chi connectivity index (χ4v) is 4.20. The van der Waals surface area contributed by atoms with E-state index < -0.39 is 11.9 Å². The maximum Gasteiger partial charge on any atom is 0.343 e. The van der Waals surface area contributed by atoms with Gasteiger partial charge >= 0.3 is 17.9 Å². The van der Waals surface area contributed by atoms with Crippen molar-refractivity contribution in [3.05, 3.63) is 77.9 Å². The number of unbranched alkanes of at least 4 members (excludes halogenated alkanes) is 6. The molecule has 1 heterocycles. The predicted octanol–water partition coefficient (Wildman–Crippen LogP) is 6.85. The van der Waals surface area contributed by atoms with Crippen LogP contribution in [0.4, 0.5) is 0 Å². The number of hydrogen-bond donors (Lipinski definition) is 0. The average Bonchev–Trinajstić information content (AvgIpc) is 3.26. The summed E-state index contributed by atoms with van der Waals surface area (Å²) in [6.45, 7) is 6.44. The zero-order valence-electron chi connectivity index (χ0n) is 22.7. The molecule has 2 aromatic rings. The van der Waals surface area contributed by atoms with Crippen LogP contribution in [0, 0.1) is 0 Å². The molecule has 39 heavy (non-hydrogen) atoms. The summed E-state index contributed by atoms with van der Waals surface area (Å²) in [7, 11) is 0. The molecule has 208 valence electrons. The van der Waals surface area contributed by atoms with Gasteiger partial charge in [0.2, 0.25) is 0 Å². The highest BCUT2D eigenvalue weighted by atomic mass is 16.6. The van der Waals surface area contributed by atoms with Crippen LogP contribution in [0.1, 0.15) is 80.6 Å². The summed E-state index contributed by atoms with van der Waals surface area (Å²) in [5.41, 5.74) is 1.83. The predicted molar refractivity (Wildman–Crippen MR) is 150 cm³/mol. The molecular formula is C32H38O7. The van der Waals surface area contributed by atoms with Crippen molar-refractivity contribution in [1.29, 1.82) is 0 Å². The number of hydrogen-bond acceptors (Lipinski definition) is 7. The number of benzene rings is 2. The largest absolute Gasteiger partial charge is 0.494 e. The summed E-state index contributed by atoms with van der Waals surface area (Å²) in [6.07, 6.45) is 12.5. The molecule has 7 nitrogen and oxygen atoms in total. The van der Waals surface area contributed by atoms with Crippen molar-refractivity contribution in [2.45, 2.75) is 70.8 Å². The molecule has 0 bridgehead atoms. The number of carbonyl (C=O) groups is 3. The Kier molecular flexibility index (Phi) is 12.3. The van der Waals surface area contributed by atoms with Crippen LogP contribution >= 0.6 is 0 Å². The topological polar surface area (TPSA) is 88.1 Å². The second-order valence-corrected chi connectivity index (χ2v) is 9.52. The Morgan fingerprint density at radius 1 is 0.923 bits per heavy atom. The summed E-state index contributed by atoms with van der Waals surface area (Å²) < 4.78 is 21.4. The maximum atomic E-state index is 12.5. The molecule has 0 aromatic heterocycles. The third kappa shape index (κ3) is 10.8. The number of ether oxygens (including phenoxy) is 4. The smallest absolute Gasteiger partial charge is 0.343 e. The minimum Gasteiger partial charge on any atom is -0.494 e. The van der Waals surface area contributed by atoms with E-state index >= 15 is 0 Å². The van der Waals surface area contributed by atoms with E-state index in [9.17, 15) is 14.4 Å². The molecule has 0 N–H and O–H groups in total. The van der Waals surface area contributed by atoms with Gasteiger partial charge in [0.1, 0.15) is 17.6 Å². The van der Waals surface area contributed by atoms with E-state index in [0.717, 1.165) is 43.4 Å². The van der Waals surface area contributed by atoms with Crippen LogP contribution in [0.15, 0.2) is 66.8 Å². The van der Waals surface area contributed by atoms with Crippen LogP contribution in [-0.2, 0) is 19.1 Å². The third-order valence-corrected chi connectivity index (χ3v) is 6.35. The molecule has 0 amide bonds. The lowest BCUT2D eigenvalue weighted by Gasteiger charge is -2.09. The van der Waals surface area contributed by atoms with Crippen molar-refractivity contribution >= 4 is 24.0 Å². The van der Waals surface area contributed by atoms with Crippen molar-refractivity contribution in [3.8, 4) is 11.5 Å². The minimum atomic E-state index is -0.453. The highest BCUT2D eigenvalue weighted by molar-refractivity contribution is 5.91. The van der Waals surface area contributed by atoms with Crippen LogP contribution in [0.2, 0.25) is 0 Å². The Morgan fingerprint density at radius 3 is 2.21 bits per heavy atom. The number of rotatable bonds is 16. The van der Waals surface area contributed by atoms with Crippen molar-refractivity contribution in [1.82, 2.24) is 0 Å². The van der Waals surface area contributed by atoms with Crippen LogP contribution in [0.5, 0.6) is 11.5 Å². The van der Waals surface area contributed by atoms with Gasteiger partial charge in [0.15, 0.2) is 0 Å². The van der Waals surface area contributed by atoms with E-state index in [2.05, 4.69) is 6.58 Å². The molecule has 1 unspecified atom stereocenters. The van der Waals surface area contributed by atoms with Gasteiger partial charge in [-0.2, -0.15) is 0 Å². The Balaban J connectivity index is 1.25. The first-order valence-electron chi connectivity index (χ1n) is 13.7. The number of cyclic esters (lactones) is 1. The minimum absolute atomic E-state index is 0.0354. The van der Waals surface area contributed by atoms with Crippen LogP contribution < -0.4 is 9.47 Å². The van der Waals surface area contributed by atoms with E-state index in [4.69, 9.17) is 18.9 Å². The van der Waals surface area contributed by atoms with Crippen molar-refractivity contribution in [3.63, 3.8) is 0 Å². The van der Waals surface area contributed by atoms with Gasteiger partial charge in [0.05, 0.1) is 18.8 Å². The molecule has 1 atom stereocenters. The highest BCUT2D eigenvalue weighted by Gasteiger charge is 2.26. The molecule has 7 heteroatoms. The quantitative estimate of drug-likeness (QED) is 0.101. The average molecular weight is 535 g/mol. The molecule has 1 aliphatic heterocycles. The van der Waals surface area contributed by atoms with Crippen molar-refractivity contribution in [2.75, 3.05) is 13.2 Å². The maximum absolute atomic E-state index is 12.5. The Morgan fingerprint density at radius 2 is 1.56 bits per heavy atom. The Hall–Kier alpha value is -3.87. The van der Waals surface area contributed by atoms with Gasteiger partial charge in [0, 0.05) is 18.1 Å². The first-order chi connectivity index (χ1) is 18.9. The summed E-state index contributed by atoms with van der Waals surface area (Å²) in [5, 5.41) is 0. The second-order valence-electron chi connectivity index (χ2n) is 9.52. The summed E-state index contributed by atoms with van der Waals surface area (Å²) >= 11 is 0. The van der Waals surface area contributed by atoms with Gasteiger partial charge in [-0.25, -0.2) is 14.4 Å². The number of esters is 3. The summed E-state index contributed by atoms with van der Waals surface area (Å²) in [4.78, 5) is 35.2. The molecule has 2 aromatic carbocycles. The van der Waals surface area contributed by atoms with E-state index in [0.29, 0.717) is 36.5 Å². The molecule has 1 aliphatic rings. The van der Waals surface area contributed by atoms with E-state index in [-0.39, 0.29) is 12.1 Å². The lowest BCUT2D eigenvalue weighted by molar-refractivity contribution is -0.139. The van der Waals surface area contributed by atoms with Crippen molar-refractivity contribution < 1.29 is 33.3 Å². The monoisotopic (exact) mass is 534 g/mol. The lowest BCUT2D eigenvalue weighted by Crippen LogP contribution is -2.08. The SMILES string of the molecule is C=C1CC(CCCCCCCCCOc2ccc(C(=O)Oc3ccc(C=CC(=O)OCC)cc3)cc2)OC1=O. The fourth-order valence-electron chi connectivity index (χ4n) is 4.20. The Bertz CT molecular complexity index is 1100. The summed E-state index contributed by atoms with van der Waals surface area (Å²) in [6, 6.07) is 13.8. The highest BCUT2D eigenvalue weighted by Crippen LogP contribution is 2.23. The van der Waals surface area contributed by atoms with Gasteiger partial charge < -0.3 is 18.9 Å². The Labute approximate surface area is 230 Å². The zero-order valence-corrected chi connectivity index (χ0v) is 22.7. The van der Waals surface area contributed by atoms with E-state index in [1.54, 1.807) is 61.5 Å². The van der Waals surface area contributed by atoms with E-state index in [1.165, 1.54) is 25.3 Å². The van der Waals surface area contributed by atoms with Crippen LogP contribution in [0.3, 0.4) is 0 Å². The molecule has 0 radical (unpaired) electrons. The van der Waals surface area contributed by atoms with Gasteiger partial charge in [-0.05, 0) is 74.2 Å².